The van der Waals surface area contributed by atoms with E-state index in [9.17, 15) is 45.1 Å². The van der Waals surface area contributed by atoms with E-state index in [0.717, 1.165) is 13.8 Å². The van der Waals surface area contributed by atoms with Crippen molar-refractivity contribution in [2.75, 3.05) is 13.2 Å². The molecular weight excluding hydrogens is 478 g/mol. The van der Waals surface area contributed by atoms with Gasteiger partial charge in [0.15, 0.2) is 5.25 Å². The van der Waals surface area contributed by atoms with Crippen LogP contribution in [0.2, 0.25) is 0 Å². The van der Waals surface area contributed by atoms with Gasteiger partial charge in [-0.2, -0.15) is 25.3 Å². The van der Waals surface area contributed by atoms with Crippen molar-refractivity contribution < 1.29 is 125 Å². The van der Waals surface area contributed by atoms with E-state index in [1.54, 1.807) is 0 Å². The Balaban J connectivity index is -0.00000312. The zero-order valence-corrected chi connectivity index (χ0v) is 21.3. The average molecular weight is 490 g/mol. The number of carboxylic acids is 2. The van der Waals surface area contributed by atoms with E-state index in [1.807, 2.05) is 0 Å². The van der Waals surface area contributed by atoms with Crippen molar-refractivity contribution in [3.8, 4) is 0 Å². The van der Waals surface area contributed by atoms with Crippen LogP contribution in [-0.4, -0.2) is 66.0 Å². The van der Waals surface area contributed by atoms with Gasteiger partial charge in [0.05, 0.1) is 19.2 Å². The molecule has 0 aliphatic heterocycles. The predicted molar refractivity (Wildman–Crippen MR) is 71.3 cm³/mol. The summed E-state index contributed by atoms with van der Waals surface area (Å²) in [4.78, 5) is 22.3. The van der Waals surface area contributed by atoms with Gasteiger partial charge in [-0.15, -0.1) is 0 Å². The Kier molecular flexibility index (Phi) is 14.8. The molecule has 0 aromatic rings. The number of carbonyl (C=O) groups excluding carboxylic acids is 2. The minimum Gasteiger partial charge on any atom is -0.548 e. The number of hydrogen-bond donors (Lipinski definition) is 1. The van der Waals surface area contributed by atoms with E-state index in [2.05, 4.69) is 16.7 Å². The Morgan fingerprint density at radius 3 is 1.39 bits per heavy atom. The third-order valence-corrected chi connectivity index (χ3v) is 5.17. The maximum absolute atomic E-state index is 11.5. The third-order valence-electron chi connectivity index (χ3n) is 2.12. The van der Waals surface area contributed by atoms with Crippen LogP contribution in [0.25, 0.3) is 0 Å². The van der Waals surface area contributed by atoms with Gasteiger partial charge in [0.1, 0.15) is 5.97 Å². The second-order valence-electron chi connectivity index (χ2n) is 3.97. The second kappa shape index (κ2) is 12.4. The number of carbonyl (C=O) groups is 2. The molecule has 0 bridgehead atoms. The van der Waals surface area contributed by atoms with Crippen molar-refractivity contribution in [1.82, 2.24) is 0 Å². The van der Waals surface area contributed by atoms with Crippen molar-refractivity contribution >= 4 is 42.9 Å². The first kappa shape index (κ1) is 33.2. The van der Waals surface area contributed by atoms with Crippen LogP contribution in [0.15, 0.2) is 0 Å². The molecule has 0 rings (SSSR count). The van der Waals surface area contributed by atoms with Gasteiger partial charge in [0.2, 0.25) is 0 Å². The molecule has 0 saturated carbocycles. The van der Waals surface area contributed by atoms with Crippen molar-refractivity contribution in [1.29, 1.82) is 0 Å². The molecule has 0 aromatic carbocycles. The van der Waals surface area contributed by atoms with Gasteiger partial charge in [-0.3, -0.25) is 4.55 Å². The van der Waals surface area contributed by atoms with Gasteiger partial charge in [-0.1, -0.05) is 0 Å². The summed E-state index contributed by atoms with van der Waals surface area (Å²) in [7, 11) is -17.3. The van der Waals surface area contributed by atoms with Crippen LogP contribution in [0.1, 0.15) is 13.8 Å². The molecule has 0 aliphatic carbocycles. The first-order valence-corrected chi connectivity index (χ1v) is 10.3. The topological polar surface area (TPSA) is 240 Å². The van der Waals surface area contributed by atoms with E-state index in [4.69, 9.17) is 4.55 Å². The van der Waals surface area contributed by atoms with Crippen LogP contribution in [0.3, 0.4) is 0 Å². The summed E-state index contributed by atoms with van der Waals surface area (Å²) in [6, 6.07) is 0. The molecule has 28 heavy (non-hydrogen) atoms. The summed E-state index contributed by atoms with van der Waals surface area (Å²) in [6.45, 7) is 0.563. The molecule has 0 fully saturated rings. The summed E-state index contributed by atoms with van der Waals surface area (Å²) >= 11 is 0. The summed E-state index contributed by atoms with van der Waals surface area (Å²) < 4.78 is 92.6. The zero-order valence-electron chi connectivity index (χ0n) is 14.9. The van der Waals surface area contributed by atoms with Gasteiger partial charge in [0.25, 0.3) is 15.9 Å². The minimum atomic E-state index is -6.11. The molecule has 1 N–H and O–H groups in total. The quantitative estimate of drug-likeness (QED) is 0.152. The monoisotopic (exact) mass is 490 g/mol. The molecule has 0 aromatic heterocycles. The Morgan fingerprint density at radius 1 is 0.893 bits per heavy atom. The Morgan fingerprint density at radius 2 is 1.21 bits per heavy atom. The average Bonchev–Trinajstić information content (AvgIpc) is 2.33. The van der Waals surface area contributed by atoms with Crippen molar-refractivity contribution in [2.45, 2.75) is 24.9 Å². The number of hydrogen-bond acceptors (Lipinski definition) is 14. The Labute approximate surface area is 204 Å². The van der Waals surface area contributed by atoms with Crippen molar-refractivity contribution in [3.05, 3.63) is 0 Å². The summed E-state index contributed by atoms with van der Waals surface area (Å²) in [5, 5.41) is 18.4. The number of aliphatic carboxylic acids is 2. The van der Waals surface area contributed by atoms with Gasteiger partial charge in [0, 0.05) is 0 Å². The van der Waals surface area contributed by atoms with Gasteiger partial charge in [-0.25, -0.2) is 16.7 Å². The van der Waals surface area contributed by atoms with Crippen molar-refractivity contribution in [2.24, 2.45) is 0 Å². The molecule has 0 radical (unpaired) electrons. The standard InChI is InChI=1S/C8H14O15S3.2Na/c1-3-20-25(16,17)22-8(7(11)12,23-26(18,19)21-4-2)5(6(9)10)24(13,14)15;;/h5H,3-4H2,1-2H3,(H,9,10)(H,11,12)(H,13,14,15);;/q;2*+1/p-2. The molecule has 0 saturated heterocycles. The van der Waals surface area contributed by atoms with Crippen LogP contribution in [-0.2, 0) is 57.2 Å². The van der Waals surface area contributed by atoms with Gasteiger partial charge < -0.3 is 19.8 Å². The van der Waals surface area contributed by atoms with Crippen LogP contribution in [0.4, 0.5) is 0 Å². The fourth-order valence-corrected chi connectivity index (χ4v) is 4.06. The normalized spacial score (nSPS) is 13.7. The number of carboxylic acid groups (broad SMARTS) is 2. The van der Waals surface area contributed by atoms with Crippen LogP contribution in [0.5, 0.6) is 0 Å². The smallest absolute Gasteiger partial charge is 0.548 e. The van der Waals surface area contributed by atoms with E-state index < -0.39 is 67.1 Å². The first-order valence-electron chi connectivity index (χ1n) is 6.13. The van der Waals surface area contributed by atoms with Crippen LogP contribution < -0.4 is 69.3 Å². The largest absolute Gasteiger partial charge is 1.00 e. The van der Waals surface area contributed by atoms with E-state index >= 15 is 0 Å². The molecule has 15 nitrogen and oxygen atoms in total. The molecule has 1 atom stereocenters. The predicted octanol–water partition coefficient (Wildman–Crippen LogP) is -11.0. The van der Waals surface area contributed by atoms with Crippen LogP contribution in [0, 0.1) is 0 Å². The Hall–Kier alpha value is 0.590. The van der Waals surface area contributed by atoms with Gasteiger partial charge >= 0.3 is 79.9 Å². The molecule has 1 unspecified atom stereocenters. The first-order chi connectivity index (χ1) is 11.5. The van der Waals surface area contributed by atoms with E-state index in [1.165, 1.54) is 0 Å². The SMILES string of the molecule is CCOS(=O)(=O)OC(OS(=O)(=O)OCC)(C(=O)[O-])C(C(=O)[O-])S(=O)(=O)O.[Na+].[Na+]. The van der Waals surface area contributed by atoms with Crippen LogP contribution >= 0.6 is 0 Å². The maximum Gasteiger partial charge on any atom is 1.00 e. The summed E-state index contributed by atoms with van der Waals surface area (Å²) in [6.07, 6.45) is 0. The fraction of sp³-hybridized carbons (Fsp3) is 0.750. The van der Waals surface area contributed by atoms with Crippen molar-refractivity contribution in [3.63, 3.8) is 0 Å². The molecule has 0 heterocycles. The molecule has 20 heteroatoms. The summed E-state index contributed by atoms with van der Waals surface area (Å²) in [5.74, 6) is -10.9. The Bertz CT molecular complexity index is 808. The van der Waals surface area contributed by atoms with E-state index in [0.29, 0.717) is 0 Å². The molecule has 0 amide bonds. The van der Waals surface area contributed by atoms with Gasteiger partial charge in [-0.05, 0) is 13.8 Å². The number of rotatable bonds is 12. The molecule has 154 valence electrons. The summed E-state index contributed by atoms with van der Waals surface area (Å²) in [5.41, 5.74) is 0. The molecular formula is C8H12Na2O15S3. The molecule has 0 aliphatic rings. The maximum atomic E-state index is 11.5. The second-order valence-corrected chi connectivity index (χ2v) is 7.90. The third kappa shape index (κ3) is 9.60. The fourth-order valence-electron chi connectivity index (χ4n) is 1.39. The van der Waals surface area contributed by atoms with E-state index in [-0.39, 0.29) is 59.1 Å². The zero-order chi connectivity index (χ0) is 21.0. The molecule has 0 spiro atoms. The minimum absolute atomic E-state index is 0.